The summed E-state index contributed by atoms with van der Waals surface area (Å²) >= 11 is 6.21. The third-order valence-electron chi connectivity index (χ3n) is 6.28. The Hall–Kier alpha value is -3.32. The minimum atomic E-state index is -0.241. The van der Waals surface area contributed by atoms with Crippen molar-refractivity contribution in [2.24, 2.45) is 0 Å². The van der Waals surface area contributed by atoms with E-state index in [1.165, 1.54) is 7.11 Å². The number of methoxy groups -OCH3 is 1. The van der Waals surface area contributed by atoms with E-state index >= 15 is 0 Å². The van der Waals surface area contributed by atoms with Crippen molar-refractivity contribution in [3.05, 3.63) is 70.0 Å². The fraction of sp³-hybridized carbons (Fsp3) is 0.346. The van der Waals surface area contributed by atoms with Gasteiger partial charge in [-0.25, -0.2) is 4.68 Å². The number of rotatable bonds is 7. The molecule has 7 nitrogen and oxygen atoms in total. The highest BCUT2D eigenvalue weighted by atomic mass is 35.5. The number of aromatic nitrogens is 2. The molecule has 0 saturated carbocycles. The fourth-order valence-electron chi connectivity index (χ4n) is 4.41. The summed E-state index contributed by atoms with van der Waals surface area (Å²) in [4.78, 5) is 26.8. The standard InChI is InChI=1S/C26H29ClN4O3/c1-17-22(11-13-25(32)34-3)18(2)31(29-17)21-9-6-19(7-10-21)26(33)28-23-16-20(27)8-12-24(23)30-14-4-5-15-30/h6-10,12,16H,4-5,11,13-15H2,1-3H3,(H,28,33). The number of halogens is 1. The Labute approximate surface area is 204 Å². The van der Waals surface area contributed by atoms with E-state index in [1.54, 1.807) is 18.2 Å². The van der Waals surface area contributed by atoms with E-state index in [2.05, 4.69) is 15.3 Å². The molecule has 1 aromatic heterocycles. The Morgan fingerprint density at radius 1 is 1.09 bits per heavy atom. The zero-order chi connectivity index (χ0) is 24.2. The third-order valence-corrected chi connectivity index (χ3v) is 6.51. The molecule has 2 heterocycles. The predicted molar refractivity (Wildman–Crippen MR) is 134 cm³/mol. The van der Waals surface area contributed by atoms with Gasteiger partial charge in [0.1, 0.15) is 0 Å². The molecular weight excluding hydrogens is 452 g/mol. The van der Waals surface area contributed by atoms with E-state index in [9.17, 15) is 9.59 Å². The van der Waals surface area contributed by atoms with Crippen molar-refractivity contribution in [3.8, 4) is 5.69 Å². The first kappa shape index (κ1) is 23.8. The van der Waals surface area contributed by atoms with Gasteiger partial charge >= 0.3 is 5.97 Å². The molecule has 1 amide bonds. The molecule has 4 rings (SSSR count). The summed E-state index contributed by atoms with van der Waals surface area (Å²) in [6.07, 6.45) is 3.18. The smallest absolute Gasteiger partial charge is 0.305 e. The maximum atomic E-state index is 13.0. The Kier molecular flexibility index (Phi) is 7.22. The lowest BCUT2D eigenvalue weighted by atomic mass is 10.1. The van der Waals surface area contributed by atoms with Crippen LogP contribution < -0.4 is 10.2 Å². The van der Waals surface area contributed by atoms with E-state index < -0.39 is 0 Å². The Morgan fingerprint density at radius 2 is 1.79 bits per heavy atom. The summed E-state index contributed by atoms with van der Waals surface area (Å²) in [6.45, 7) is 5.86. The van der Waals surface area contributed by atoms with Crippen molar-refractivity contribution in [2.75, 3.05) is 30.4 Å². The highest BCUT2D eigenvalue weighted by molar-refractivity contribution is 6.31. The third kappa shape index (κ3) is 5.09. The topological polar surface area (TPSA) is 76.5 Å². The van der Waals surface area contributed by atoms with E-state index in [1.807, 2.05) is 42.8 Å². The van der Waals surface area contributed by atoms with Crippen LogP contribution in [0.15, 0.2) is 42.5 Å². The van der Waals surface area contributed by atoms with E-state index in [0.29, 0.717) is 23.4 Å². The fourth-order valence-corrected chi connectivity index (χ4v) is 4.58. The van der Waals surface area contributed by atoms with Crippen molar-refractivity contribution < 1.29 is 14.3 Å². The Morgan fingerprint density at radius 3 is 2.47 bits per heavy atom. The quantitative estimate of drug-likeness (QED) is 0.476. The molecule has 3 aromatic rings. The number of anilines is 2. The lowest BCUT2D eigenvalue weighted by molar-refractivity contribution is -0.140. The van der Waals surface area contributed by atoms with Gasteiger partial charge in [0, 0.05) is 35.8 Å². The van der Waals surface area contributed by atoms with Crippen molar-refractivity contribution in [2.45, 2.75) is 39.5 Å². The lowest BCUT2D eigenvalue weighted by Gasteiger charge is -2.22. The Balaban J connectivity index is 1.51. The Bertz CT molecular complexity index is 1200. The number of nitrogens with one attached hydrogen (secondary N) is 1. The second-order valence-electron chi connectivity index (χ2n) is 8.49. The number of benzene rings is 2. The van der Waals surface area contributed by atoms with Crippen LogP contribution in [0.1, 0.15) is 46.6 Å². The molecule has 0 unspecified atom stereocenters. The van der Waals surface area contributed by atoms with Gasteiger partial charge in [0.2, 0.25) is 0 Å². The summed E-state index contributed by atoms with van der Waals surface area (Å²) in [5.74, 6) is -0.434. The van der Waals surface area contributed by atoms with Gasteiger partial charge in [-0.3, -0.25) is 9.59 Å². The van der Waals surface area contributed by atoms with E-state index in [-0.39, 0.29) is 11.9 Å². The van der Waals surface area contributed by atoms with Crippen LogP contribution in [0.3, 0.4) is 0 Å². The minimum Gasteiger partial charge on any atom is -0.469 e. The number of aryl methyl sites for hydroxylation is 1. The molecule has 1 saturated heterocycles. The van der Waals surface area contributed by atoms with Crippen LogP contribution in [0.4, 0.5) is 11.4 Å². The van der Waals surface area contributed by atoms with Crippen LogP contribution in [0.25, 0.3) is 5.69 Å². The summed E-state index contributed by atoms with van der Waals surface area (Å²) in [5.41, 5.74) is 5.98. The summed E-state index contributed by atoms with van der Waals surface area (Å²) in [7, 11) is 1.39. The molecule has 178 valence electrons. The SMILES string of the molecule is COC(=O)CCc1c(C)nn(-c2ccc(C(=O)Nc3cc(Cl)ccc3N3CCCC3)cc2)c1C. The molecule has 1 aliphatic heterocycles. The van der Waals surface area contributed by atoms with Crippen LogP contribution in [0, 0.1) is 13.8 Å². The first-order valence-corrected chi connectivity index (χ1v) is 11.8. The van der Waals surface area contributed by atoms with E-state index in [0.717, 1.165) is 59.9 Å². The van der Waals surface area contributed by atoms with Gasteiger partial charge in [-0.2, -0.15) is 5.10 Å². The van der Waals surface area contributed by atoms with Gasteiger partial charge in [-0.15, -0.1) is 0 Å². The zero-order valence-electron chi connectivity index (χ0n) is 19.7. The van der Waals surface area contributed by atoms with Crippen LogP contribution in [-0.4, -0.2) is 41.9 Å². The summed E-state index contributed by atoms with van der Waals surface area (Å²) in [5, 5.41) is 8.25. The van der Waals surface area contributed by atoms with Gasteiger partial charge in [-0.05, 0) is 81.1 Å². The average molecular weight is 481 g/mol. The zero-order valence-corrected chi connectivity index (χ0v) is 20.5. The highest BCUT2D eigenvalue weighted by Crippen LogP contribution is 2.32. The van der Waals surface area contributed by atoms with Crippen molar-refractivity contribution in [3.63, 3.8) is 0 Å². The molecule has 0 atom stereocenters. The molecule has 1 aliphatic rings. The van der Waals surface area contributed by atoms with Crippen LogP contribution in [0.5, 0.6) is 0 Å². The van der Waals surface area contributed by atoms with Crippen LogP contribution >= 0.6 is 11.6 Å². The summed E-state index contributed by atoms with van der Waals surface area (Å²) in [6, 6.07) is 12.9. The van der Waals surface area contributed by atoms with Crippen LogP contribution in [-0.2, 0) is 16.0 Å². The molecule has 0 aliphatic carbocycles. The molecular formula is C26H29ClN4O3. The molecule has 8 heteroatoms. The minimum absolute atomic E-state index is 0.193. The van der Waals surface area contributed by atoms with E-state index in [4.69, 9.17) is 16.3 Å². The maximum Gasteiger partial charge on any atom is 0.305 e. The molecule has 0 radical (unpaired) electrons. The molecule has 0 spiro atoms. The largest absolute Gasteiger partial charge is 0.469 e. The number of hydrogen-bond donors (Lipinski definition) is 1. The van der Waals surface area contributed by atoms with Crippen LogP contribution in [0.2, 0.25) is 5.02 Å². The van der Waals surface area contributed by atoms with Gasteiger partial charge in [0.25, 0.3) is 5.91 Å². The van der Waals surface area contributed by atoms with Gasteiger partial charge < -0.3 is 15.0 Å². The number of amides is 1. The molecule has 2 aromatic carbocycles. The molecule has 0 bridgehead atoms. The number of hydrogen-bond acceptors (Lipinski definition) is 5. The normalized spacial score (nSPS) is 13.2. The maximum absolute atomic E-state index is 13.0. The number of esters is 1. The second-order valence-corrected chi connectivity index (χ2v) is 8.93. The second kappa shape index (κ2) is 10.3. The highest BCUT2D eigenvalue weighted by Gasteiger charge is 2.19. The van der Waals surface area contributed by atoms with Crippen molar-refractivity contribution in [1.29, 1.82) is 0 Å². The van der Waals surface area contributed by atoms with Crippen molar-refractivity contribution >= 4 is 34.9 Å². The van der Waals surface area contributed by atoms with Crippen molar-refractivity contribution in [1.82, 2.24) is 9.78 Å². The number of carbonyl (C=O) groups excluding carboxylic acids is 2. The molecule has 1 N–H and O–H groups in total. The van der Waals surface area contributed by atoms with Gasteiger partial charge in [0.15, 0.2) is 0 Å². The number of nitrogens with zero attached hydrogens (tertiary/aromatic N) is 3. The average Bonchev–Trinajstić information content (AvgIpc) is 3.46. The molecule has 34 heavy (non-hydrogen) atoms. The first-order chi connectivity index (χ1) is 16.4. The molecule has 1 fully saturated rings. The van der Waals surface area contributed by atoms with Gasteiger partial charge in [-0.1, -0.05) is 11.6 Å². The number of carbonyl (C=O) groups is 2. The number of ether oxygens (including phenoxy) is 1. The monoisotopic (exact) mass is 480 g/mol. The first-order valence-electron chi connectivity index (χ1n) is 11.5. The lowest BCUT2D eigenvalue weighted by Crippen LogP contribution is -2.21. The van der Waals surface area contributed by atoms with Gasteiger partial charge in [0.05, 0.1) is 29.9 Å². The summed E-state index contributed by atoms with van der Waals surface area (Å²) < 4.78 is 6.59. The predicted octanol–water partition coefficient (Wildman–Crippen LogP) is 5.10.